The summed E-state index contributed by atoms with van der Waals surface area (Å²) in [5, 5.41) is 15.7. The van der Waals surface area contributed by atoms with E-state index in [0.717, 1.165) is 19.3 Å². The van der Waals surface area contributed by atoms with Crippen LogP contribution in [0.15, 0.2) is 0 Å². The van der Waals surface area contributed by atoms with E-state index in [1.807, 2.05) is 20.8 Å². The summed E-state index contributed by atoms with van der Waals surface area (Å²) in [5.74, 6) is 0.0625. The highest BCUT2D eigenvalue weighted by atomic mass is 16.3. The number of rotatable bonds is 4. The first-order valence-electron chi connectivity index (χ1n) is 6.11. The Bertz CT molecular complexity index is 236. The molecule has 0 aromatic heterocycles. The van der Waals surface area contributed by atoms with Crippen LogP contribution in [-0.2, 0) is 4.79 Å². The van der Waals surface area contributed by atoms with E-state index < -0.39 is 0 Å². The number of amides is 1. The topological polar surface area (TPSA) is 61.4 Å². The molecule has 1 fully saturated rings. The van der Waals surface area contributed by atoms with Crippen molar-refractivity contribution >= 4 is 5.91 Å². The number of hydrogen-bond acceptors (Lipinski definition) is 3. The number of aliphatic hydroxyl groups is 1. The first kappa shape index (κ1) is 13.5. The Morgan fingerprint density at radius 2 is 2.06 bits per heavy atom. The molecule has 2 atom stereocenters. The van der Waals surface area contributed by atoms with Crippen LogP contribution in [-0.4, -0.2) is 35.2 Å². The number of carbonyl (C=O) groups excluding carboxylic acids is 1. The molecule has 0 saturated heterocycles. The van der Waals surface area contributed by atoms with Gasteiger partial charge in [-0.1, -0.05) is 0 Å². The minimum atomic E-state index is -0.231. The molecular formula is C12H24N2O2. The first-order valence-corrected chi connectivity index (χ1v) is 6.11. The Morgan fingerprint density at radius 1 is 1.38 bits per heavy atom. The van der Waals surface area contributed by atoms with Crippen molar-refractivity contribution in [1.29, 1.82) is 0 Å². The highest BCUT2D eigenvalue weighted by Gasteiger charge is 2.24. The third-order valence-corrected chi connectivity index (χ3v) is 2.75. The van der Waals surface area contributed by atoms with Crippen molar-refractivity contribution in [3.63, 3.8) is 0 Å². The predicted molar refractivity (Wildman–Crippen MR) is 64.2 cm³/mol. The molecule has 0 heterocycles. The van der Waals surface area contributed by atoms with Crippen LogP contribution >= 0.6 is 0 Å². The normalized spacial score (nSPS) is 25.8. The van der Waals surface area contributed by atoms with Crippen molar-refractivity contribution in [3.8, 4) is 0 Å². The van der Waals surface area contributed by atoms with Gasteiger partial charge in [-0.2, -0.15) is 0 Å². The molecule has 0 radical (unpaired) electrons. The number of hydrogen-bond donors (Lipinski definition) is 3. The van der Waals surface area contributed by atoms with Gasteiger partial charge >= 0.3 is 0 Å². The summed E-state index contributed by atoms with van der Waals surface area (Å²) in [6.45, 7) is 6.56. The van der Waals surface area contributed by atoms with Crippen molar-refractivity contribution in [2.75, 3.05) is 6.54 Å². The van der Waals surface area contributed by atoms with Gasteiger partial charge in [-0.25, -0.2) is 0 Å². The molecule has 16 heavy (non-hydrogen) atoms. The van der Waals surface area contributed by atoms with Crippen LogP contribution in [0.1, 0.15) is 46.5 Å². The SMILES string of the molecule is CC(C)(C)NC(=O)CCN[C@H]1CCC[C@@H]1O. The van der Waals surface area contributed by atoms with Gasteiger partial charge in [0.1, 0.15) is 0 Å². The van der Waals surface area contributed by atoms with Crippen LogP contribution in [0.2, 0.25) is 0 Å². The largest absolute Gasteiger partial charge is 0.392 e. The predicted octanol–water partition coefficient (Wildman–Crippen LogP) is 0.794. The molecule has 94 valence electrons. The number of carbonyl (C=O) groups is 1. The summed E-state index contributed by atoms with van der Waals surface area (Å²) >= 11 is 0. The molecule has 1 rings (SSSR count). The molecule has 0 aromatic rings. The first-order chi connectivity index (χ1) is 7.38. The van der Waals surface area contributed by atoms with Crippen LogP contribution in [0, 0.1) is 0 Å². The minimum absolute atomic E-state index is 0.0625. The Labute approximate surface area is 97.8 Å². The van der Waals surface area contributed by atoms with Crippen LogP contribution in [0.5, 0.6) is 0 Å². The van der Waals surface area contributed by atoms with E-state index in [-0.39, 0.29) is 23.6 Å². The van der Waals surface area contributed by atoms with Crippen molar-refractivity contribution in [2.45, 2.75) is 64.1 Å². The number of aliphatic hydroxyl groups excluding tert-OH is 1. The Hall–Kier alpha value is -0.610. The summed E-state index contributed by atoms with van der Waals surface area (Å²) < 4.78 is 0. The van der Waals surface area contributed by atoms with Crippen molar-refractivity contribution in [1.82, 2.24) is 10.6 Å². The molecule has 1 aliphatic rings. The summed E-state index contributed by atoms with van der Waals surface area (Å²) in [5.41, 5.74) is -0.163. The monoisotopic (exact) mass is 228 g/mol. The van der Waals surface area contributed by atoms with Crippen LogP contribution < -0.4 is 10.6 Å². The van der Waals surface area contributed by atoms with E-state index in [1.54, 1.807) is 0 Å². The summed E-state index contributed by atoms with van der Waals surface area (Å²) in [6.07, 6.45) is 3.22. The highest BCUT2D eigenvalue weighted by molar-refractivity contribution is 5.76. The molecule has 0 aromatic carbocycles. The fraction of sp³-hybridized carbons (Fsp3) is 0.917. The van der Waals surface area contributed by atoms with E-state index in [2.05, 4.69) is 10.6 Å². The quantitative estimate of drug-likeness (QED) is 0.667. The average molecular weight is 228 g/mol. The number of nitrogens with one attached hydrogen (secondary N) is 2. The minimum Gasteiger partial charge on any atom is -0.392 e. The maximum atomic E-state index is 11.5. The van der Waals surface area contributed by atoms with Gasteiger partial charge < -0.3 is 15.7 Å². The van der Waals surface area contributed by atoms with Crippen molar-refractivity contribution in [2.24, 2.45) is 0 Å². The molecule has 3 N–H and O–H groups in total. The van der Waals surface area contributed by atoms with E-state index in [0.29, 0.717) is 13.0 Å². The van der Waals surface area contributed by atoms with Gasteiger partial charge in [-0.05, 0) is 40.0 Å². The Morgan fingerprint density at radius 3 is 2.56 bits per heavy atom. The van der Waals surface area contributed by atoms with Crippen LogP contribution in [0.3, 0.4) is 0 Å². The third-order valence-electron chi connectivity index (χ3n) is 2.75. The lowest BCUT2D eigenvalue weighted by Gasteiger charge is -2.21. The van der Waals surface area contributed by atoms with Gasteiger partial charge in [-0.15, -0.1) is 0 Å². The average Bonchev–Trinajstić information content (AvgIpc) is 2.48. The molecule has 1 saturated carbocycles. The van der Waals surface area contributed by atoms with Crippen molar-refractivity contribution in [3.05, 3.63) is 0 Å². The lowest BCUT2D eigenvalue weighted by molar-refractivity contribution is -0.122. The third kappa shape index (κ3) is 4.94. The van der Waals surface area contributed by atoms with Gasteiger partial charge in [0, 0.05) is 24.5 Å². The van der Waals surface area contributed by atoms with Crippen molar-refractivity contribution < 1.29 is 9.90 Å². The standard InChI is InChI=1S/C12H24N2O2/c1-12(2,3)14-11(16)7-8-13-9-5-4-6-10(9)15/h9-10,13,15H,4-8H2,1-3H3,(H,14,16)/t9-,10-/m0/s1. The van der Waals surface area contributed by atoms with Crippen LogP contribution in [0.25, 0.3) is 0 Å². The zero-order chi connectivity index (χ0) is 12.2. The van der Waals surface area contributed by atoms with Gasteiger partial charge in [0.15, 0.2) is 0 Å². The van der Waals surface area contributed by atoms with E-state index in [1.165, 1.54) is 0 Å². The lowest BCUT2D eigenvalue weighted by Crippen LogP contribution is -2.43. The molecule has 0 unspecified atom stereocenters. The second kappa shape index (κ2) is 5.64. The van der Waals surface area contributed by atoms with Gasteiger partial charge in [0.25, 0.3) is 0 Å². The van der Waals surface area contributed by atoms with E-state index in [9.17, 15) is 9.90 Å². The van der Waals surface area contributed by atoms with Gasteiger partial charge in [0.2, 0.25) is 5.91 Å². The molecular weight excluding hydrogens is 204 g/mol. The highest BCUT2D eigenvalue weighted by Crippen LogP contribution is 2.18. The van der Waals surface area contributed by atoms with Gasteiger partial charge in [-0.3, -0.25) is 4.79 Å². The maximum Gasteiger partial charge on any atom is 0.221 e. The molecule has 0 bridgehead atoms. The van der Waals surface area contributed by atoms with E-state index in [4.69, 9.17) is 0 Å². The molecule has 1 aliphatic carbocycles. The molecule has 0 aliphatic heterocycles. The molecule has 4 heteroatoms. The molecule has 4 nitrogen and oxygen atoms in total. The van der Waals surface area contributed by atoms with Gasteiger partial charge in [0.05, 0.1) is 6.10 Å². The summed E-state index contributed by atoms with van der Waals surface area (Å²) in [7, 11) is 0. The van der Waals surface area contributed by atoms with E-state index >= 15 is 0 Å². The lowest BCUT2D eigenvalue weighted by atomic mass is 10.1. The zero-order valence-corrected chi connectivity index (χ0v) is 10.5. The second-order valence-electron chi connectivity index (χ2n) is 5.61. The fourth-order valence-electron chi connectivity index (χ4n) is 2.03. The smallest absolute Gasteiger partial charge is 0.221 e. The zero-order valence-electron chi connectivity index (χ0n) is 10.5. The summed E-state index contributed by atoms with van der Waals surface area (Å²) in [6, 6.07) is 0.183. The molecule has 1 amide bonds. The second-order valence-corrected chi connectivity index (χ2v) is 5.61. The molecule has 0 spiro atoms. The fourth-order valence-corrected chi connectivity index (χ4v) is 2.03. The maximum absolute atomic E-state index is 11.5. The Balaban J connectivity index is 2.13. The van der Waals surface area contributed by atoms with Crippen LogP contribution in [0.4, 0.5) is 0 Å². The summed E-state index contributed by atoms with van der Waals surface area (Å²) in [4.78, 5) is 11.5. The Kier molecular flexibility index (Phi) is 4.74.